The van der Waals surface area contributed by atoms with Crippen LogP contribution in [0.1, 0.15) is 62.4 Å². The van der Waals surface area contributed by atoms with E-state index in [-0.39, 0.29) is 12.1 Å². The van der Waals surface area contributed by atoms with Crippen molar-refractivity contribution in [1.82, 2.24) is 0 Å². The van der Waals surface area contributed by atoms with Gasteiger partial charge >= 0.3 is 5.97 Å². The van der Waals surface area contributed by atoms with E-state index in [4.69, 9.17) is 9.47 Å². The van der Waals surface area contributed by atoms with Crippen molar-refractivity contribution < 1.29 is 14.3 Å². The quantitative estimate of drug-likeness (QED) is 0.591. The summed E-state index contributed by atoms with van der Waals surface area (Å²) in [6, 6.07) is 7.73. The molecule has 3 heteroatoms. The molecule has 0 heterocycles. The number of rotatable bonds is 10. The number of ether oxygens (including phenoxy) is 2. The molecule has 1 aromatic rings. The van der Waals surface area contributed by atoms with Gasteiger partial charge in [0.2, 0.25) is 0 Å². The van der Waals surface area contributed by atoms with Gasteiger partial charge in [-0.15, -0.1) is 0 Å². The lowest BCUT2D eigenvalue weighted by Gasteiger charge is -2.18. The molecule has 0 aliphatic carbocycles. The Bertz CT molecular complexity index is 440. The monoisotopic (exact) mass is 306 g/mol. The van der Waals surface area contributed by atoms with E-state index < -0.39 is 0 Å². The largest absolute Gasteiger partial charge is 0.456 e. The molecule has 1 unspecified atom stereocenters. The number of hydrogen-bond donors (Lipinski definition) is 0. The van der Waals surface area contributed by atoms with E-state index in [2.05, 4.69) is 26.8 Å². The first kappa shape index (κ1) is 18.7. The molecule has 0 bridgehead atoms. The number of carbonyl (C=O) groups excluding carboxylic acids is 1. The molecule has 3 nitrogen and oxygen atoms in total. The minimum absolute atomic E-state index is 0.161. The molecule has 22 heavy (non-hydrogen) atoms. The van der Waals surface area contributed by atoms with Crippen molar-refractivity contribution in [3.8, 4) is 0 Å². The van der Waals surface area contributed by atoms with E-state index in [1.807, 2.05) is 18.2 Å². The minimum Gasteiger partial charge on any atom is -0.456 e. The molecule has 0 aliphatic heterocycles. The molecule has 124 valence electrons. The van der Waals surface area contributed by atoms with Crippen molar-refractivity contribution in [1.29, 1.82) is 0 Å². The average molecular weight is 306 g/mol. The summed E-state index contributed by atoms with van der Waals surface area (Å²) in [5, 5.41) is 0. The van der Waals surface area contributed by atoms with Crippen molar-refractivity contribution in [3.05, 3.63) is 35.4 Å². The van der Waals surface area contributed by atoms with Crippen LogP contribution in [0.4, 0.5) is 0 Å². The Morgan fingerprint density at radius 3 is 2.64 bits per heavy atom. The summed E-state index contributed by atoms with van der Waals surface area (Å²) in [6.45, 7) is 7.00. The van der Waals surface area contributed by atoms with Crippen molar-refractivity contribution in [2.24, 2.45) is 5.92 Å². The van der Waals surface area contributed by atoms with E-state index in [1.54, 1.807) is 7.11 Å². The van der Waals surface area contributed by atoms with Gasteiger partial charge in [0.15, 0.2) is 0 Å². The maximum Gasteiger partial charge on any atom is 0.338 e. The van der Waals surface area contributed by atoms with Gasteiger partial charge in [0.25, 0.3) is 0 Å². The summed E-state index contributed by atoms with van der Waals surface area (Å²) >= 11 is 0. The molecule has 0 spiro atoms. The van der Waals surface area contributed by atoms with Crippen LogP contribution in [0.15, 0.2) is 24.3 Å². The number of esters is 1. The van der Waals surface area contributed by atoms with E-state index in [0.717, 1.165) is 32.1 Å². The molecule has 0 fully saturated rings. The van der Waals surface area contributed by atoms with Gasteiger partial charge in [0.05, 0.1) is 12.2 Å². The Morgan fingerprint density at radius 1 is 1.23 bits per heavy atom. The van der Waals surface area contributed by atoms with Gasteiger partial charge in [0, 0.05) is 7.11 Å². The molecular formula is C19H30O3. The van der Waals surface area contributed by atoms with E-state index in [1.165, 1.54) is 5.56 Å². The van der Waals surface area contributed by atoms with E-state index >= 15 is 0 Å². The van der Waals surface area contributed by atoms with Gasteiger partial charge in [-0.2, -0.15) is 0 Å². The number of hydrogen-bond acceptors (Lipinski definition) is 3. The van der Waals surface area contributed by atoms with Crippen molar-refractivity contribution >= 4 is 5.97 Å². The van der Waals surface area contributed by atoms with Crippen LogP contribution in [0, 0.1) is 5.92 Å². The molecule has 0 saturated heterocycles. The van der Waals surface area contributed by atoms with Crippen molar-refractivity contribution in [2.45, 2.75) is 59.0 Å². The third-order valence-corrected chi connectivity index (χ3v) is 3.64. The Kier molecular flexibility index (Phi) is 8.83. The fourth-order valence-electron chi connectivity index (χ4n) is 2.48. The minimum atomic E-state index is -0.246. The van der Waals surface area contributed by atoms with Crippen LogP contribution in [0.5, 0.6) is 0 Å². The maximum absolute atomic E-state index is 12.3. The highest BCUT2D eigenvalue weighted by Gasteiger charge is 2.16. The summed E-state index contributed by atoms with van der Waals surface area (Å²) in [7, 11) is 1.64. The van der Waals surface area contributed by atoms with Gasteiger partial charge in [0.1, 0.15) is 6.10 Å². The van der Waals surface area contributed by atoms with Gasteiger partial charge in [-0.3, -0.25) is 0 Å². The normalized spacial score (nSPS) is 12.4. The van der Waals surface area contributed by atoms with Crippen LogP contribution in [-0.4, -0.2) is 25.8 Å². The van der Waals surface area contributed by atoms with Crippen LogP contribution in [0.3, 0.4) is 0 Å². The molecule has 1 rings (SSSR count). The molecular weight excluding hydrogens is 276 g/mol. The van der Waals surface area contributed by atoms with Crippen LogP contribution in [-0.2, 0) is 15.9 Å². The Morgan fingerprint density at radius 2 is 2.00 bits per heavy atom. The summed E-state index contributed by atoms with van der Waals surface area (Å²) < 4.78 is 10.8. The fourth-order valence-corrected chi connectivity index (χ4v) is 2.48. The van der Waals surface area contributed by atoms with Crippen LogP contribution in [0.2, 0.25) is 0 Å². The molecule has 0 aromatic heterocycles. The average Bonchev–Trinajstić information content (AvgIpc) is 2.47. The number of methoxy groups -OCH3 is 1. The lowest BCUT2D eigenvalue weighted by Crippen LogP contribution is -2.23. The molecule has 0 N–H and O–H groups in total. The fraction of sp³-hybridized carbons (Fsp3) is 0.632. The lowest BCUT2D eigenvalue weighted by atomic mass is 10.0. The Hall–Kier alpha value is -1.35. The summed E-state index contributed by atoms with van der Waals surface area (Å²) in [5.41, 5.74) is 1.82. The van der Waals surface area contributed by atoms with Crippen molar-refractivity contribution in [2.75, 3.05) is 13.7 Å². The number of carbonyl (C=O) groups is 1. The van der Waals surface area contributed by atoms with Crippen LogP contribution in [0.25, 0.3) is 0 Å². The third kappa shape index (κ3) is 7.08. The highest BCUT2D eigenvalue weighted by Crippen LogP contribution is 2.14. The highest BCUT2D eigenvalue weighted by molar-refractivity contribution is 5.89. The molecule has 1 aromatic carbocycles. The van der Waals surface area contributed by atoms with Gasteiger partial charge in [-0.25, -0.2) is 4.79 Å². The molecule has 0 aliphatic rings. The smallest absolute Gasteiger partial charge is 0.338 e. The first-order chi connectivity index (χ1) is 10.6. The van der Waals surface area contributed by atoms with Gasteiger partial charge < -0.3 is 9.47 Å². The van der Waals surface area contributed by atoms with E-state index in [9.17, 15) is 4.79 Å². The second kappa shape index (κ2) is 10.4. The predicted octanol–water partition coefficient (Wildman–Crippen LogP) is 4.64. The van der Waals surface area contributed by atoms with E-state index in [0.29, 0.717) is 18.1 Å². The Balaban J connectivity index is 2.59. The first-order valence-corrected chi connectivity index (χ1v) is 8.35. The summed E-state index contributed by atoms with van der Waals surface area (Å²) in [5.74, 6) is 0.425. The lowest BCUT2D eigenvalue weighted by molar-refractivity contribution is 0.00218. The predicted molar refractivity (Wildman–Crippen MR) is 90.2 cm³/mol. The zero-order valence-corrected chi connectivity index (χ0v) is 14.4. The van der Waals surface area contributed by atoms with Gasteiger partial charge in [-0.05, 0) is 42.9 Å². The molecule has 0 amide bonds. The van der Waals surface area contributed by atoms with Crippen LogP contribution >= 0.6 is 0 Å². The SMILES string of the molecule is CCCc1cccc(C(=O)OC(CCCC(C)C)COC)c1. The van der Waals surface area contributed by atoms with Gasteiger partial charge in [-0.1, -0.05) is 45.7 Å². The standard InChI is InChI=1S/C19H30O3/c1-5-8-16-10-7-11-17(13-16)19(20)22-18(14-21-4)12-6-9-15(2)3/h7,10-11,13,15,18H,5-6,8-9,12,14H2,1-4H3. The summed E-state index contributed by atoms with van der Waals surface area (Å²) in [4.78, 5) is 12.3. The second-order valence-electron chi connectivity index (χ2n) is 6.26. The number of benzene rings is 1. The first-order valence-electron chi connectivity index (χ1n) is 8.35. The molecule has 0 radical (unpaired) electrons. The molecule has 1 atom stereocenters. The highest BCUT2D eigenvalue weighted by atomic mass is 16.6. The number of aryl methyl sites for hydroxylation is 1. The molecule has 0 saturated carbocycles. The third-order valence-electron chi connectivity index (χ3n) is 3.64. The zero-order chi connectivity index (χ0) is 16.4. The maximum atomic E-state index is 12.3. The van der Waals surface area contributed by atoms with Crippen LogP contribution < -0.4 is 0 Å². The summed E-state index contributed by atoms with van der Waals surface area (Å²) in [6.07, 6.45) is 4.94. The Labute approximate surface area is 135 Å². The van der Waals surface area contributed by atoms with Crippen molar-refractivity contribution in [3.63, 3.8) is 0 Å². The second-order valence-corrected chi connectivity index (χ2v) is 6.26. The zero-order valence-electron chi connectivity index (χ0n) is 14.4. The topological polar surface area (TPSA) is 35.5 Å².